The molecule has 0 atom stereocenters. The molecule has 25 rings (SSSR count). The Bertz CT molecular complexity index is 8180. The number of rotatable bonds is 12. The van der Waals surface area contributed by atoms with E-state index in [1.54, 1.807) is 0 Å². The van der Waals surface area contributed by atoms with Crippen LogP contribution >= 0.6 is 0 Å². The fourth-order valence-corrected chi connectivity index (χ4v) is 20.4. The highest BCUT2D eigenvalue weighted by Crippen LogP contribution is 2.59. The predicted octanol–water partition coefficient (Wildman–Crippen LogP) is 30.8. The van der Waals surface area contributed by atoms with Gasteiger partial charge in [0.15, 0.2) is 52.4 Å². The second-order valence-corrected chi connectivity index (χ2v) is 35.7. The third kappa shape index (κ3) is 13.6. The number of hydrogen-bond donors (Lipinski definition) is 0. The van der Waals surface area contributed by atoms with Crippen LogP contribution in [0.2, 0.25) is 0 Å². The van der Waals surface area contributed by atoms with Crippen LogP contribution in [0.15, 0.2) is 389 Å². The molecule has 0 unspecified atom stereocenters. The third-order valence-electron chi connectivity index (χ3n) is 26.6. The van der Waals surface area contributed by atoms with Crippen LogP contribution in [0, 0.1) is 6.92 Å². The van der Waals surface area contributed by atoms with Gasteiger partial charge in [0.1, 0.15) is 33.7 Å². The van der Waals surface area contributed by atoms with Crippen molar-refractivity contribution in [2.45, 2.75) is 71.6 Å². The molecule has 630 valence electrons. The zero-order valence-corrected chi connectivity index (χ0v) is 74.1. The van der Waals surface area contributed by atoms with Crippen molar-refractivity contribution in [3.8, 4) is 158 Å². The minimum absolute atomic E-state index is 0.253. The standard InChI is InChI=1S/C42H29N3O.C42H33N3O.C36H25N3O/c1-42(2)36-30(17-11-18-32(36)33-24-25-34-31-16-9-10-19-35(31)46-38(34)37(33)42)26-20-22-29(23-21-26)41-44-39(27-12-5-3-6-13-27)43-40(45-41)28-14-7-4-8-15-28;1-5-14-35-26(2)31-23-24-34-33-22-13-21-32(36(33)42(3,4)37(34)38(31)46-35)29-19-12-20-30(25-29)41-44-39(27-15-8-6-9-16-27)43-40(45-41)28-17-10-7-11-18-28;1-36(2)29-21-24(17-18-25(29)27-19-20-28-26-15-9-10-16-30(26)40-32(28)31(27)36)35-38-33(22-11-5-3-6-12-22)37-34(39-35)23-13-7-4-8-14-23/h3-25H,1-2H3;5-25H,1-4H3;3-21H,1-2H3/b;14-5-;. The smallest absolute Gasteiger partial charge is 0.164 e. The Morgan fingerprint density at radius 1 is 0.212 bits per heavy atom. The van der Waals surface area contributed by atoms with Crippen molar-refractivity contribution in [2.75, 3.05) is 0 Å². The van der Waals surface area contributed by atoms with Crippen molar-refractivity contribution in [3.05, 3.63) is 421 Å². The Balaban J connectivity index is 0.000000113. The second kappa shape index (κ2) is 32.0. The van der Waals surface area contributed by atoms with E-state index in [2.05, 4.69) is 224 Å². The number of fused-ring (bicyclic) bond motifs is 19. The van der Waals surface area contributed by atoms with Crippen LogP contribution in [0.3, 0.4) is 0 Å². The summed E-state index contributed by atoms with van der Waals surface area (Å²) in [5, 5.41) is 5.82. The molecule has 6 aromatic heterocycles. The lowest BCUT2D eigenvalue weighted by molar-refractivity contribution is 0.579. The van der Waals surface area contributed by atoms with Gasteiger partial charge < -0.3 is 13.3 Å². The number of aromatic nitrogens is 9. The molecule has 16 aromatic carbocycles. The molecule has 0 N–H and O–H groups in total. The van der Waals surface area contributed by atoms with E-state index in [4.69, 9.17) is 58.1 Å². The highest BCUT2D eigenvalue weighted by molar-refractivity contribution is 6.11. The highest BCUT2D eigenvalue weighted by Gasteiger charge is 2.44. The average molecular weight is 1700 g/mol. The van der Waals surface area contributed by atoms with Gasteiger partial charge >= 0.3 is 0 Å². The summed E-state index contributed by atoms with van der Waals surface area (Å²) in [6.07, 6.45) is 4.09. The number of allylic oxidation sites excluding steroid dienone is 1. The SMILES string of the molecule is C/C=C\c1oc2c3c(ccc2c1C)-c1cccc(-c2cccc(-c4nc(-c5ccccc5)nc(-c5ccccc5)n4)c2)c1C3(C)C.CC1(C)c2c(-c3ccc(-c4nc(-c5ccccc5)nc(-c5ccccc5)n4)cc3)cccc2-c2ccc3c(oc4ccccc43)c21.CC1(C)c2cc(-c3nc(-c4ccccc4)nc(-c4ccccc4)n3)ccc2-c2ccc3c(oc4ccccc43)c21. The van der Waals surface area contributed by atoms with Crippen LogP contribution in [-0.2, 0) is 16.2 Å². The second-order valence-electron chi connectivity index (χ2n) is 35.7. The molecular weight excluding hydrogens is 1620 g/mol. The van der Waals surface area contributed by atoms with E-state index in [0.717, 1.165) is 111 Å². The van der Waals surface area contributed by atoms with Gasteiger partial charge in [-0.15, -0.1) is 0 Å². The third-order valence-corrected chi connectivity index (χ3v) is 26.6. The predicted molar refractivity (Wildman–Crippen MR) is 536 cm³/mol. The quantitative estimate of drug-likeness (QED) is 0.114. The first-order valence-electron chi connectivity index (χ1n) is 44.9. The molecule has 3 aliphatic carbocycles. The van der Waals surface area contributed by atoms with Crippen molar-refractivity contribution >= 4 is 60.9 Å². The van der Waals surface area contributed by atoms with Gasteiger partial charge in [0.05, 0.1) is 0 Å². The molecule has 0 radical (unpaired) electrons. The van der Waals surface area contributed by atoms with Gasteiger partial charge in [0.2, 0.25) is 0 Å². The van der Waals surface area contributed by atoms with Gasteiger partial charge in [-0.25, -0.2) is 44.9 Å². The van der Waals surface area contributed by atoms with Crippen LogP contribution in [0.1, 0.15) is 93.2 Å². The number of hydrogen-bond acceptors (Lipinski definition) is 12. The summed E-state index contributed by atoms with van der Waals surface area (Å²) in [6, 6.07) is 128. The molecule has 0 amide bonds. The van der Waals surface area contributed by atoms with E-state index >= 15 is 0 Å². The molecule has 0 bridgehead atoms. The number of para-hydroxylation sites is 2. The van der Waals surface area contributed by atoms with Crippen molar-refractivity contribution in [2.24, 2.45) is 0 Å². The van der Waals surface area contributed by atoms with Crippen molar-refractivity contribution < 1.29 is 13.3 Å². The zero-order valence-electron chi connectivity index (χ0n) is 74.1. The van der Waals surface area contributed by atoms with Crippen molar-refractivity contribution in [1.82, 2.24) is 44.9 Å². The Morgan fingerprint density at radius 3 is 0.902 bits per heavy atom. The van der Waals surface area contributed by atoms with Gasteiger partial charge in [-0.05, 0) is 129 Å². The minimum Gasteiger partial charge on any atom is -0.456 e. The lowest BCUT2D eigenvalue weighted by atomic mass is 9.78. The van der Waals surface area contributed by atoms with Crippen LogP contribution < -0.4 is 0 Å². The fraction of sp³-hybridized carbons (Fsp3) is 0.0917. The maximum Gasteiger partial charge on any atom is 0.164 e. The summed E-state index contributed by atoms with van der Waals surface area (Å²) in [6.45, 7) is 18.0. The Labute approximate surface area is 764 Å². The van der Waals surface area contributed by atoms with Gasteiger partial charge in [0, 0.05) is 116 Å². The van der Waals surface area contributed by atoms with E-state index in [1.165, 1.54) is 94.2 Å². The first-order valence-corrected chi connectivity index (χ1v) is 44.9. The van der Waals surface area contributed by atoms with Crippen LogP contribution in [-0.4, -0.2) is 44.9 Å². The molecular formula is C120H87N9O3. The van der Waals surface area contributed by atoms with Gasteiger partial charge in [-0.3, -0.25) is 0 Å². The molecule has 0 spiro atoms. The van der Waals surface area contributed by atoms with Crippen LogP contribution in [0.4, 0.5) is 0 Å². The molecule has 0 aliphatic heterocycles. The summed E-state index contributed by atoms with van der Waals surface area (Å²) in [7, 11) is 0. The van der Waals surface area contributed by atoms with Crippen molar-refractivity contribution in [3.63, 3.8) is 0 Å². The molecule has 0 saturated carbocycles. The first-order chi connectivity index (χ1) is 64.6. The van der Waals surface area contributed by atoms with Crippen molar-refractivity contribution in [1.29, 1.82) is 0 Å². The topological polar surface area (TPSA) is 155 Å². The number of nitrogens with zero attached hydrogens (tertiary/aromatic N) is 9. The first kappa shape index (κ1) is 80.0. The number of furan rings is 3. The summed E-state index contributed by atoms with van der Waals surface area (Å²) < 4.78 is 19.6. The molecule has 12 nitrogen and oxygen atoms in total. The fourth-order valence-electron chi connectivity index (χ4n) is 20.4. The number of aryl methyl sites for hydroxylation is 1. The molecule has 22 aromatic rings. The van der Waals surface area contributed by atoms with E-state index in [-0.39, 0.29) is 16.2 Å². The summed E-state index contributed by atoms with van der Waals surface area (Å²) in [4.78, 5) is 44.3. The molecule has 12 heteroatoms. The van der Waals surface area contributed by atoms with E-state index < -0.39 is 0 Å². The minimum atomic E-state index is -0.275. The van der Waals surface area contributed by atoms with Crippen LogP contribution in [0.5, 0.6) is 0 Å². The average Bonchev–Trinajstić information content (AvgIpc) is 1.55. The van der Waals surface area contributed by atoms with Gasteiger partial charge in [-0.1, -0.05) is 381 Å². The zero-order chi connectivity index (χ0) is 89.1. The van der Waals surface area contributed by atoms with E-state index in [0.29, 0.717) is 52.4 Å². The Hall–Kier alpha value is -16.6. The van der Waals surface area contributed by atoms with E-state index in [9.17, 15) is 0 Å². The Kier molecular flexibility index (Phi) is 19.4. The summed E-state index contributed by atoms with van der Waals surface area (Å²) in [5.41, 5.74) is 33.6. The lowest BCUT2D eigenvalue weighted by Crippen LogP contribution is -2.16. The molecule has 3 aliphatic rings. The Morgan fingerprint density at radius 2 is 0.492 bits per heavy atom. The highest BCUT2D eigenvalue weighted by atomic mass is 16.3. The maximum atomic E-state index is 6.56. The van der Waals surface area contributed by atoms with Gasteiger partial charge in [-0.2, -0.15) is 0 Å². The molecule has 0 saturated heterocycles. The van der Waals surface area contributed by atoms with E-state index in [1.807, 2.05) is 213 Å². The molecule has 6 heterocycles. The largest absolute Gasteiger partial charge is 0.456 e. The maximum absolute atomic E-state index is 6.56. The lowest BCUT2D eigenvalue weighted by Gasteiger charge is -2.24. The van der Waals surface area contributed by atoms with Gasteiger partial charge in [0.25, 0.3) is 0 Å². The molecule has 0 fully saturated rings. The summed E-state index contributed by atoms with van der Waals surface area (Å²) >= 11 is 0. The molecule has 132 heavy (non-hydrogen) atoms. The monoisotopic (exact) mass is 1700 g/mol. The number of benzene rings is 16. The van der Waals surface area contributed by atoms with Crippen LogP contribution in [0.25, 0.3) is 219 Å². The normalized spacial score (nSPS) is 13.3. The summed E-state index contributed by atoms with van der Waals surface area (Å²) in [5.74, 6) is 6.84.